The van der Waals surface area contributed by atoms with Crippen LogP contribution in [0.3, 0.4) is 0 Å². The number of benzene rings is 2. The summed E-state index contributed by atoms with van der Waals surface area (Å²) >= 11 is 9.57. The second-order valence-corrected chi connectivity index (χ2v) is 5.64. The number of aliphatic carboxylic acids is 1. The number of carboxylic acids is 1. The summed E-state index contributed by atoms with van der Waals surface area (Å²) in [4.78, 5) is 12.8. The molecule has 2 aromatic carbocycles. The molecule has 0 bridgehead atoms. The average Bonchev–Trinajstić information content (AvgIpc) is 2.42. The highest BCUT2D eigenvalue weighted by Gasteiger charge is 2.13. The first-order chi connectivity index (χ1) is 9.56. The van der Waals surface area contributed by atoms with Gasteiger partial charge in [0.15, 0.2) is 0 Å². The van der Waals surface area contributed by atoms with Crippen molar-refractivity contribution in [2.45, 2.75) is 6.54 Å². The van der Waals surface area contributed by atoms with Crippen LogP contribution < -0.4 is 4.90 Å². The normalized spacial score (nSPS) is 10.3. The van der Waals surface area contributed by atoms with Gasteiger partial charge in [-0.15, -0.1) is 0 Å². The van der Waals surface area contributed by atoms with Gasteiger partial charge < -0.3 is 10.0 Å². The minimum atomic E-state index is -0.875. The summed E-state index contributed by atoms with van der Waals surface area (Å²) in [6.07, 6.45) is 0. The second-order valence-electron chi connectivity index (χ2n) is 4.32. The van der Waals surface area contributed by atoms with E-state index < -0.39 is 5.97 Å². The van der Waals surface area contributed by atoms with Crippen molar-refractivity contribution in [3.8, 4) is 0 Å². The van der Waals surface area contributed by atoms with Crippen molar-refractivity contribution in [1.29, 1.82) is 0 Å². The number of carbonyl (C=O) groups is 1. The van der Waals surface area contributed by atoms with Gasteiger partial charge in [0.1, 0.15) is 6.54 Å². The third-order valence-corrected chi connectivity index (χ3v) is 3.68. The van der Waals surface area contributed by atoms with Gasteiger partial charge in [0.25, 0.3) is 0 Å². The molecule has 5 heteroatoms. The summed E-state index contributed by atoms with van der Waals surface area (Å²) in [5, 5.41) is 9.69. The molecule has 20 heavy (non-hydrogen) atoms. The topological polar surface area (TPSA) is 40.5 Å². The van der Waals surface area contributed by atoms with Crippen LogP contribution in [0.15, 0.2) is 53.0 Å². The molecule has 2 aromatic rings. The lowest BCUT2D eigenvalue weighted by Crippen LogP contribution is -2.29. The maximum Gasteiger partial charge on any atom is 0.323 e. The maximum absolute atomic E-state index is 11.0. The molecule has 2 rings (SSSR count). The Bertz CT molecular complexity index is 604. The molecule has 0 atom stereocenters. The molecule has 0 fully saturated rings. The number of halogens is 2. The summed E-state index contributed by atoms with van der Waals surface area (Å²) in [5.41, 5.74) is 1.73. The molecule has 0 radical (unpaired) electrons. The SMILES string of the molecule is O=C(O)CN(Cc1cc(Br)ccc1Cl)c1ccccc1. The largest absolute Gasteiger partial charge is 0.480 e. The summed E-state index contributed by atoms with van der Waals surface area (Å²) in [5.74, 6) is -0.875. The van der Waals surface area contributed by atoms with Gasteiger partial charge in [-0.2, -0.15) is 0 Å². The highest BCUT2D eigenvalue weighted by molar-refractivity contribution is 9.10. The molecule has 0 aromatic heterocycles. The second kappa shape index (κ2) is 6.77. The van der Waals surface area contributed by atoms with Crippen molar-refractivity contribution in [3.63, 3.8) is 0 Å². The average molecular weight is 355 g/mol. The number of hydrogen-bond donors (Lipinski definition) is 1. The van der Waals surface area contributed by atoms with Gasteiger partial charge in [-0.05, 0) is 35.9 Å². The smallest absolute Gasteiger partial charge is 0.323 e. The minimum absolute atomic E-state index is 0.0765. The predicted molar refractivity (Wildman–Crippen MR) is 84.3 cm³/mol. The Balaban J connectivity index is 2.28. The number of carboxylic acid groups (broad SMARTS) is 1. The fourth-order valence-electron chi connectivity index (χ4n) is 1.91. The molecule has 0 amide bonds. The molecular weight excluding hydrogens is 342 g/mol. The van der Waals surface area contributed by atoms with E-state index in [1.54, 1.807) is 11.0 Å². The standard InChI is InChI=1S/C15H13BrClNO2/c16-12-6-7-14(17)11(8-12)9-18(10-15(19)20)13-4-2-1-3-5-13/h1-8H,9-10H2,(H,19,20). The lowest BCUT2D eigenvalue weighted by atomic mass is 10.2. The van der Waals surface area contributed by atoms with E-state index in [0.717, 1.165) is 15.7 Å². The van der Waals surface area contributed by atoms with E-state index in [2.05, 4.69) is 15.9 Å². The van der Waals surface area contributed by atoms with Gasteiger partial charge in [-0.1, -0.05) is 45.7 Å². The highest BCUT2D eigenvalue weighted by Crippen LogP contribution is 2.24. The molecule has 0 heterocycles. The van der Waals surface area contributed by atoms with E-state index in [9.17, 15) is 4.79 Å². The van der Waals surface area contributed by atoms with Crippen LogP contribution in [0.5, 0.6) is 0 Å². The van der Waals surface area contributed by atoms with E-state index >= 15 is 0 Å². The van der Waals surface area contributed by atoms with Crippen molar-refractivity contribution in [3.05, 3.63) is 63.6 Å². The van der Waals surface area contributed by atoms with Crippen molar-refractivity contribution in [2.24, 2.45) is 0 Å². The van der Waals surface area contributed by atoms with E-state index in [-0.39, 0.29) is 6.54 Å². The van der Waals surface area contributed by atoms with Gasteiger partial charge in [-0.3, -0.25) is 4.79 Å². The van der Waals surface area contributed by atoms with Crippen LogP contribution in [0.1, 0.15) is 5.56 Å². The molecule has 1 N–H and O–H groups in total. The number of para-hydroxylation sites is 1. The van der Waals surface area contributed by atoms with Gasteiger partial charge >= 0.3 is 5.97 Å². The molecule has 0 aliphatic carbocycles. The Morgan fingerprint density at radius 2 is 1.90 bits per heavy atom. The van der Waals surface area contributed by atoms with E-state index in [4.69, 9.17) is 16.7 Å². The first-order valence-corrected chi connectivity index (χ1v) is 7.19. The Labute approximate surface area is 130 Å². The zero-order valence-electron chi connectivity index (χ0n) is 10.6. The summed E-state index contributed by atoms with van der Waals surface area (Å²) in [6, 6.07) is 15.0. The molecule has 3 nitrogen and oxygen atoms in total. The third-order valence-electron chi connectivity index (χ3n) is 2.82. The van der Waals surface area contributed by atoms with Gasteiger partial charge in [0, 0.05) is 21.7 Å². The van der Waals surface area contributed by atoms with Crippen LogP contribution in [-0.2, 0) is 11.3 Å². The monoisotopic (exact) mass is 353 g/mol. The molecule has 0 unspecified atom stereocenters. The Hall–Kier alpha value is -1.52. The molecule has 0 saturated heterocycles. The number of rotatable bonds is 5. The van der Waals surface area contributed by atoms with Gasteiger partial charge in [-0.25, -0.2) is 0 Å². The molecule has 0 spiro atoms. The van der Waals surface area contributed by atoms with E-state index in [0.29, 0.717) is 11.6 Å². The van der Waals surface area contributed by atoms with Gasteiger partial charge in [0.05, 0.1) is 0 Å². The van der Waals surface area contributed by atoms with Crippen molar-refractivity contribution < 1.29 is 9.90 Å². The molecular formula is C15H13BrClNO2. The highest BCUT2D eigenvalue weighted by atomic mass is 79.9. The minimum Gasteiger partial charge on any atom is -0.480 e. The number of anilines is 1. The van der Waals surface area contributed by atoms with Crippen LogP contribution in [0.4, 0.5) is 5.69 Å². The van der Waals surface area contributed by atoms with E-state index in [1.165, 1.54) is 0 Å². The Morgan fingerprint density at radius 3 is 2.55 bits per heavy atom. The van der Waals surface area contributed by atoms with Crippen LogP contribution in [-0.4, -0.2) is 17.6 Å². The fraction of sp³-hybridized carbons (Fsp3) is 0.133. The zero-order valence-corrected chi connectivity index (χ0v) is 12.9. The van der Waals surface area contributed by atoms with Crippen molar-refractivity contribution in [1.82, 2.24) is 0 Å². The third kappa shape index (κ3) is 3.99. The first-order valence-electron chi connectivity index (χ1n) is 6.02. The van der Waals surface area contributed by atoms with Gasteiger partial charge in [0.2, 0.25) is 0 Å². The molecule has 0 aliphatic heterocycles. The van der Waals surface area contributed by atoms with E-state index in [1.807, 2.05) is 42.5 Å². The lowest BCUT2D eigenvalue weighted by Gasteiger charge is -2.23. The Kier molecular flexibility index (Phi) is 5.04. The fourth-order valence-corrected chi connectivity index (χ4v) is 2.50. The summed E-state index contributed by atoms with van der Waals surface area (Å²) in [7, 11) is 0. The quantitative estimate of drug-likeness (QED) is 0.875. The lowest BCUT2D eigenvalue weighted by molar-refractivity contribution is -0.135. The first kappa shape index (κ1) is 14.9. The number of nitrogens with zero attached hydrogens (tertiary/aromatic N) is 1. The Morgan fingerprint density at radius 1 is 1.20 bits per heavy atom. The zero-order chi connectivity index (χ0) is 14.5. The molecule has 0 saturated carbocycles. The predicted octanol–water partition coefficient (Wildman–Crippen LogP) is 4.19. The molecule has 0 aliphatic rings. The van der Waals surface area contributed by atoms with Crippen molar-refractivity contribution in [2.75, 3.05) is 11.4 Å². The van der Waals surface area contributed by atoms with Crippen LogP contribution in [0.25, 0.3) is 0 Å². The van der Waals surface area contributed by atoms with Crippen LogP contribution in [0.2, 0.25) is 5.02 Å². The van der Waals surface area contributed by atoms with Crippen molar-refractivity contribution >= 4 is 39.2 Å². The summed E-state index contributed by atoms with van der Waals surface area (Å²) < 4.78 is 0.917. The number of hydrogen-bond acceptors (Lipinski definition) is 2. The van der Waals surface area contributed by atoms with Crippen LogP contribution in [0, 0.1) is 0 Å². The molecule has 104 valence electrons. The van der Waals surface area contributed by atoms with Crippen LogP contribution >= 0.6 is 27.5 Å². The summed E-state index contributed by atoms with van der Waals surface area (Å²) in [6.45, 7) is 0.363. The maximum atomic E-state index is 11.0.